The van der Waals surface area contributed by atoms with Gasteiger partial charge in [-0.3, -0.25) is 9.79 Å². The zero-order chi connectivity index (χ0) is 18.6. The van der Waals surface area contributed by atoms with Gasteiger partial charge in [0.25, 0.3) is 0 Å². The largest absolute Gasteiger partial charge is 0.382 e. The Morgan fingerprint density at radius 1 is 1.15 bits per heavy atom. The summed E-state index contributed by atoms with van der Waals surface area (Å²) in [5.74, 6) is 0.757. The fourth-order valence-corrected chi connectivity index (χ4v) is 2.87. The Labute approximate surface area is 179 Å². The molecule has 1 aromatic rings. The lowest BCUT2D eigenvalue weighted by Crippen LogP contribution is -2.52. The van der Waals surface area contributed by atoms with Gasteiger partial charge in [0.15, 0.2) is 5.96 Å². The first-order valence-corrected chi connectivity index (χ1v) is 9.34. The molecular weight excluding hydrogens is 457 g/mol. The highest BCUT2D eigenvalue weighted by molar-refractivity contribution is 14.0. The Kier molecular flexibility index (Phi) is 11.8. The van der Waals surface area contributed by atoms with Gasteiger partial charge in [0.1, 0.15) is 0 Å². The fraction of sp³-hybridized carbons (Fsp3) is 0.579. The van der Waals surface area contributed by atoms with Crippen molar-refractivity contribution < 1.29 is 9.53 Å². The number of guanidine groups is 1. The topological polar surface area (TPSA) is 69.2 Å². The number of aliphatic imine (C=N–C) groups is 1. The first kappa shape index (κ1) is 23.5. The van der Waals surface area contributed by atoms with Crippen molar-refractivity contribution in [2.75, 3.05) is 64.4 Å². The van der Waals surface area contributed by atoms with Crippen molar-refractivity contribution in [1.82, 2.24) is 15.5 Å². The molecule has 0 radical (unpaired) electrons. The highest BCUT2D eigenvalue weighted by Crippen LogP contribution is 2.15. The van der Waals surface area contributed by atoms with E-state index < -0.39 is 0 Å². The molecular formula is C19H32IN5O2. The lowest BCUT2D eigenvalue weighted by Gasteiger charge is -2.36. The third-order valence-electron chi connectivity index (χ3n) is 4.35. The van der Waals surface area contributed by atoms with Crippen LogP contribution in [0.5, 0.6) is 0 Å². The van der Waals surface area contributed by atoms with Crippen molar-refractivity contribution in [2.24, 2.45) is 4.99 Å². The molecule has 7 nitrogen and oxygen atoms in total. The van der Waals surface area contributed by atoms with Gasteiger partial charge in [0.05, 0.1) is 6.54 Å². The van der Waals surface area contributed by atoms with E-state index >= 15 is 0 Å². The number of nitrogens with zero attached hydrogens (tertiary/aromatic N) is 3. The predicted octanol–water partition coefficient (Wildman–Crippen LogP) is 1.54. The number of hydrogen-bond donors (Lipinski definition) is 2. The number of carbonyl (C=O) groups excluding carboxylic acids is 1. The molecule has 0 saturated carbocycles. The summed E-state index contributed by atoms with van der Waals surface area (Å²) in [4.78, 5) is 20.8. The van der Waals surface area contributed by atoms with E-state index in [1.165, 1.54) is 5.69 Å². The van der Waals surface area contributed by atoms with Gasteiger partial charge in [-0.05, 0) is 25.5 Å². The molecule has 0 aliphatic carbocycles. The van der Waals surface area contributed by atoms with Crippen LogP contribution in [0.3, 0.4) is 0 Å². The van der Waals surface area contributed by atoms with E-state index in [0.717, 1.165) is 52.4 Å². The van der Waals surface area contributed by atoms with Gasteiger partial charge in [-0.15, -0.1) is 24.0 Å². The fourth-order valence-electron chi connectivity index (χ4n) is 2.87. The van der Waals surface area contributed by atoms with Crippen LogP contribution >= 0.6 is 24.0 Å². The minimum Gasteiger partial charge on any atom is -0.382 e. The molecule has 1 amide bonds. The molecule has 1 heterocycles. The van der Waals surface area contributed by atoms with Gasteiger partial charge < -0.3 is 25.2 Å². The summed E-state index contributed by atoms with van der Waals surface area (Å²) in [7, 11) is 1.71. The van der Waals surface area contributed by atoms with Crippen LogP contribution in [-0.4, -0.2) is 76.3 Å². The van der Waals surface area contributed by atoms with Gasteiger partial charge >= 0.3 is 0 Å². The Bertz CT molecular complexity index is 562. The maximum Gasteiger partial charge on any atom is 0.242 e. The van der Waals surface area contributed by atoms with E-state index in [2.05, 4.69) is 32.7 Å². The van der Waals surface area contributed by atoms with E-state index in [4.69, 9.17) is 4.74 Å². The predicted molar refractivity (Wildman–Crippen MR) is 121 cm³/mol. The number of rotatable bonds is 8. The third kappa shape index (κ3) is 8.34. The number of piperazine rings is 1. The van der Waals surface area contributed by atoms with Crippen LogP contribution in [0, 0.1) is 0 Å². The molecule has 152 valence electrons. The van der Waals surface area contributed by atoms with Crippen molar-refractivity contribution >= 4 is 41.5 Å². The number of para-hydroxylation sites is 1. The van der Waals surface area contributed by atoms with E-state index in [0.29, 0.717) is 5.96 Å². The number of nitrogens with one attached hydrogen (secondary N) is 2. The summed E-state index contributed by atoms with van der Waals surface area (Å²) in [6, 6.07) is 10.3. The number of ether oxygens (including phenoxy) is 1. The second-order valence-electron chi connectivity index (χ2n) is 6.11. The van der Waals surface area contributed by atoms with Gasteiger partial charge in [0, 0.05) is 58.7 Å². The molecule has 1 aromatic carbocycles. The van der Waals surface area contributed by atoms with Crippen LogP contribution in [0.4, 0.5) is 5.69 Å². The van der Waals surface area contributed by atoms with Gasteiger partial charge in [-0.1, -0.05) is 18.2 Å². The number of benzene rings is 1. The van der Waals surface area contributed by atoms with Crippen molar-refractivity contribution in [3.05, 3.63) is 30.3 Å². The molecule has 0 aromatic heterocycles. The van der Waals surface area contributed by atoms with Crippen LogP contribution in [-0.2, 0) is 9.53 Å². The molecule has 27 heavy (non-hydrogen) atoms. The van der Waals surface area contributed by atoms with Gasteiger partial charge in [-0.25, -0.2) is 0 Å². The maximum atomic E-state index is 12.4. The molecule has 2 N–H and O–H groups in total. The smallest absolute Gasteiger partial charge is 0.242 e. The Balaban J connectivity index is 0.00000364. The summed E-state index contributed by atoms with van der Waals surface area (Å²) in [5, 5.41) is 6.29. The highest BCUT2D eigenvalue weighted by atomic mass is 127. The Morgan fingerprint density at radius 2 is 1.85 bits per heavy atom. The molecule has 1 aliphatic rings. The number of carbonyl (C=O) groups is 1. The third-order valence-corrected chi connectivity index (χ3v) is 4.35. The SMILES string of the molecule is CCOCCCNC(=NC)NCC(=O)N1CCN(c2ccccc2)CC1.I. The number of hydrogen-bond acceptors (Lipinski definition) is 4. The summed E-state index contributed by atoms with van der Waals surface area (Å²) in [5.41, 5.74) is 1.22. The Hall–Kier alpha value is -1.55. The van der Waals surface area contributed by atoms with E-state index in [9.17, 15) is 4.79 Å². The maximum absolute atomic E-state index is 12.4. The molecule has 1 aliphatic heterocycles. The van der Waals surface area contributed by atoms with Crippen molar-refractivity contribution in [3.8, 4) is 0 Å². The molecule has 2 rings (SSSR count). The highest BCUT2D eigenvalue weighted by Gasteiger charge is 2.21. The molecule has 0 unspecified atom stereocenters. The van der Waals surface area contributed by atoms with Crippen LogP contribution < -0.4 is 15.5 Å². The van der Waals surface area contributed by atoms with Crippen LogP contribution in [0.2, 0.25) is 0 Å². The standard InChI is InChI=1S/C19H31N5O2.HI/c1-3-26-15-7-10-21-19(20-2)22-16-18(25)24-13-11-23(12-14-24)17-8-5-4-6-9-17;/h4-6,8-9H,3,7,10-16H2,1-2H3,(H2,20,21,22);1H. The van der Waals surface area contributed by atoms with Crippen LogP contribution in [0.25, 0.3) is 0 Å². The first-order valence-electron chi connectivity index (χ1n) is 9.34. The quantitative estimate of drug-likeness (QED) is 0.251. The van der Waals surface area contributed by atoms with Gasteiger partial charge in [-0.2, -0.15) is 0 Å². The second kappa shape index (κ2) is 13.6. The minimum atomic E-state index is 0. The molecule has 1 fully saturated rings. The number of anilines is 1. The zero-order valence-electron chi connectivity index (χ0n) is 16.3. The van der Waals surface area contributed by atoms with Crippen molar-refractivity contribution in [3.63, 3.8) is 0 Å². The number of amides is 1. The van der Waals surface area contributed by atoms with Crippen molar-refractivity contribution in [1.29, 1.82) is 0 Å². The molecule has 8 heteroatoms. The molecule has 0 spiro atoms. The van der Waals surface area contributed by atoms with E-state index in [1.807, 2.05) is 30.0 Å². The van der Waals surface area contributed by atoms with E-state index in [-0.39, 0.29) is 36.4 Å². The van der Waals surface area contributed by atoms with Crippen molar-refractivity contribution in [2.45, 2.75) is 13.3 Å². The average molecular weight is 489 g/mol. The second-order valence-corrected chi connectivity index (χ2v) is 6.11. The Morgan fingerprint density at radius 3 is 2.48 bits per heavy atom. The first-order chi connectivity index (χ1) is 12.7. The molecule has 1 saturated heterocycles. The van der Waals surface area contributed by atoms with Crippen LogP contribution in [0.1, 0.15) is 13.3 Å². The summed E-state index contributed by atoms with van der Waals surface area (Å²) >= 11 is 0. The summed E-state index contributed by atoms with van der Waals surface area (Å²) in [6.07, 6.45) is 0.907. The minimum absolute atomic E-state index is 0. The summed E-state index contributed by atoms with van der Waals surface area (Å²) < 4.78 is 5.30. The average Bonchev–Trinajstić information content (AvgIpc) is 2.70. The van der Waals surface area contributed by atoms with Gasteiger partial charge in [0.2, 0.25) is 5.91 Å². The lowest BCUT2D eigenvalue weighted by molar-refractivity contribution is -0.130. The normalized spacial score (nSPS) is 14.5. The zero-order valence-corrected chi connectivity index (χ0v) is 18.6. The van der Waals surface area contributed by atoms with E-state index in [1.54, 1.807) is 7.05 Å². The monoisotopic (exact) mass is 489 g/mol. The number of halogens is 1. The molecule has 0 bridgehead atoms. The lowest BCUT2D eigenvalue weighted by atomic mass is 10.2. The molecule has 0 atom stereocenters. The van der Waals surface area contributed by atoms with Crippen LogP contribution in [0.15, 0.2) is 35.3 Å². The summed E-state index contributed by atoms with van der Waals surface area (Å²) in [6.45, 7) is 7.69.